The Morgan fingerprint density at radius 2 is 1.96 bits per heavy atom. The molecule has 0 saturated carbocycles. The molecule has 1 aliphatic rings. The lowest BCUT2D eigenvalue weighted by Gasteiger charge is -2.28. The van der Waals surface area contributed by atoms with Gasteiger partial charge in [-0.3, -0.25) is 4.79 Å². The summed E-state index contributed by atoms with van der Waals surface area (Å²) in [6.07, 6.45) is 1.97. The van der Waals surface area contributed by atoms with Crippen molar-refractivity contribution in [2.45, 2.75) is 32.9 Å². The van der Waals surface area contributed by atoms with Crippen LogP contribution in [0.1, 0.15) is 46.5 Å². The monoisotopic (exact) mass is 393 g/mol. The van der Waals surface area contributed by atoms with Crippen LogP contribution < -0.4 is 4.72 Å². The molecule has 2 aromatic rings. The minimum Gasteiger partial charge on any atom is -0.333 e. The summed E-state index contributed by atoms with van der Waals surface area (Å²) in [4.78, 5) is 19.1. The quantitative estimate of drug-likeness (QED) is 0.847. The largest absolute Gasteiger partial charge is 0.333 e. The van der Waals surface area contributed by atoms with E-state index < -0.39 is 16.1 Å². The van der Waals surface area contributed by atoms with E-state index in [0.717, 1.165) is 12.7 Å². The topological polar surface area (TPSA) is 79.4 Å². The molecule has 0 unspecified atom stereocenters. The van der Waals surface area contributed by atoms with Gasteiger partial charge >= 0.3 is 0 Å². The van der Waals surface area contributed by atoms with Gasteiger partial charge in [-0.25, -0.2) is 18.1 Å². The molecule has 0 fully saturated rings. The number of nitrogens with zero attached hydrogens (tertiary/aromatic N) is 2. The number of hydrogen-bond acceptors (Lipinski definition) is 5. The molecule has 6 nitrogen and oxygen atoms in total. The van der Waals surface area contributed by atoms with Crippen LogP contribution in [-0.2, 0) is 23.0 Å². The van der Waals surface area contributed by atoms with Gasteiger partial charge < -0.3 is 4.90 Å². The molecule has 26 heavy (non-hydrogen) atoms. The molecule has 0 radical (unpaired) electrons. The minimum atomic E-state index is -3.36. The first-order valence-electron chi connectivity index (χ1n) is 8.53. The molecule has 1 atom stereocenters. The van der Waals surface area contributed by atoms with Crippen LogP contribution in [0.15, 0.2) is 29.6 Å². The number of benzene rings is 1. The maximum Gasteiger partial charge on any atom is 0.273 e. The third-order valence-electron chi connectivity index (χ3n) is 4.43. The number of rotatable bonds is 5. The van der Waals surface area contributed by atoms with Crippen LogP contribution in [-0.4, -0.2) is 37.0 Å². The molecular weight excluding hydrogens is 370 g/mol. The molecule has 1 N–H and O–H groups in total. The van der Waals surface area contributed by atoms with E-state index in [4.69, 9.17) is 0 Å². The normalized spacial score (nSPS) is 15.8. The highest BCUT2D eigenvalue weighted by Gasteiger charge is 2.27. The fourth-order valence-electron chi connectivity index (χ4n) is 3.06. The van der Waals surface area contributed by atoms with E-state index in [1.54, 1.807) is 10.3 Å². The molecule has 1 amide bonds. The van der Waals surface area contributed by atoms with E-state index in [1.165, 1.54) is 22.5 Å². The maximum atomic E-state index is 12.8. The summed E-state index contributed by atoms with van der Waals surface area (Å²) in [6.45, 7) is 5.09. The molecule has 8 heteroatoms. The van der Waals surface area contributed by atoms with E-state index in [-0.39, 0.29) is 11.8 Å². The number of fused-ring (bicyclic) bond motifs is 1. The number of carbonyl (C=O) groups is 1. The van der Waals surface area contributed by atoms with E-state index in [2.05, 4.69) is 15.8 Å². The molecule has 0 bridgehead atoms. The van der Waals surface area contributed by atoms with Gasteiger partial charge in [0.25, 0.3) is 5.91 Å². The zero-order chi connectivity index (χ0) is 18.9. The lowest BCUT2D eigenvalue weighted by atomic mass is 10.00. The fourth-order valence-corrected chi connectivity index (χ4v) is 5.00. The van der Waals surface area contributed by atoms with Gasteiger partial charge in [0, 0.05) is 18.5 Å². The molecule has 1 aromatic carbocycles. The Labute approximate surface area is 158 Å². The Morgan fingerprint density at radius 1 is 1.27 bits per heavy atom. The molecule has 0 aliphatic carbocycles. The van der Waals surface area contributed by atoms with Crippen molar-refractivity contribution in [2.75, 3.05) is 12.8 Å². The van der Waals surface area contributed by atoms with Gasteiger partial charge in [0.15, 0.2) is 0 Å². The summed E-state index contributed by atoms with van der Waals surface area (Å²) in [5, 5.41) is 2.34. The van der Waals surface area contributed by atoms with Crippen LogP contribution in [0.3, 0.4) is 0 Å². The molecular formula is C18H23N3O3S2. The lowest BCUT2D eigenvalue weighted by molar-refractivity contribution is 0.0729. The van der Waals surface area contributed by atoms with E-state index >= 15 is 0 Å². The van der Waals surface area contributed by atoms with Crippen molar-refractivity contribution >= 4 is 27.3 Å². The van der Waals surface area contributed by atoms with Crippen molar-refractivity contribution < 1.29 is 13.2 Å². The first-order chi connectivity index (χ1) is 12.2. The van der Waals surface area contributed by atoms with Crippen molar-refractivity contribution in [1.29, 1.82) is 0 Å². The molecule has 2 heterocycles. The van der Waals surface area contributed by atoms with Gasteiger partial charge in [0.2, 0.25) is 10.0 Å². The van der Waals surface area contributed by atoms with Crippen LogP contribution in [0.5, 0.6) is 0 Å². The number of amides is 1. The summed E-state index contributed by atoms with van der Waals surface area (Å²) in [5.74, 6) is -0.0791. The molecule has 3 rings (SSSR count). The number of nitrogens with one attached hydrogen (secondary N) is 1. The maximum absolute atomic E-state index is 12.8. The average Bonchev–Trinajstić information content (AvgIpc) is 3.07. The Hall–Kier alpha value is -1.77. The van der Waals surface area contributed by atoms with Crippen LogP contribution in [0.2, 0.25) is 0 Å². The Balaban J connectivity index is 1.78. The third kappa shape index (κ3) is 4.31. The smallest absolute Gasteiger partial charge is 0.273 e. The second-order valence-corrected chi connectivity index (χ2v) is 9.60. The third-order valence-corrected chi connectivity index (χ3v) is 6.04. The fraction of sp³-hybridized carbons (Fsp3) is 0.444. The standard InChI is InChI=1S/C18H23N3O3S2/c1-12(2)16(20-26(3,23)24)17-19-15(11-25-17)18(22)21-9-8-13-6-4-5-7-14(13)10-21/h4-7,11-12,16,20H,8-10H2,1-3H3/t16-/m0/s1. The highest BCUT2D eigenvalue weighted by Crippen LogP contribution is 2.27. The summed E-state index contributed by atoms with van der Waals surface area (Å²) in [7, 11) is -3.36. The number of aromatic nitrogens is 1. The lowest BCUT2D eigenvalue weighted by Crippen LogP contribution is -2.36. The van der Waals surface area contributed by atoms with Gasteiger partial charge in [-0.05, 0) is 23.5 Å². The van der Waals surface area contributed by atoms with E-state index in [0.29, 0.717) is 23.8 Å². The van der Waals surface area contributed by atoms with Gasteiger partial charge in [0.05, 0.1) is 12.3 Å². The van der Waals surface area contributed by atoms with Crippen molar-refractivity contribution in [3.8, 4) is 0 Å². The first-order valence-corrected chi connectivity index (χ1v) is 11.3. The second-order valence-electron chi connectivity index (χ2n) is 6.93. The van der Waals surface area contributed by atoms with Crippen molar-refractivity contribution in [1.82, 2.24) is 14.6 Å². The average molecular weight is 394 g/mol. The Bertz CT molecular complexity index is 906. The van der Waals surface area contributed by atoms with Crippen molar-refractivity contribution in [2.24, 2.45) is 5.92 Å². The molecule has 0 spiro atoms. The zero-order valence-corrected chi connectivity index (χ0v) is 16.7. The predicted octanol–water partition coefficient (Wildman–Crippen LogP) is 2.59. The summed E-state index contributed by atoms with van der Waals surface area (Å²) >= 11 is 1.32. The molecule has 1 aliphatic heterocycles. The van der Waals surface area contributed by atoms with E-state index in [1.807, 2.05) is 32.0 Å². The highest BCUT2D eigenvalue weighted by atomic mass is 32.2. The molecule has 0 saturated heterocycles. The second kappa shape index (κ2) is 7.46. The van der Waals surface area contributed by atoms with Crippen molar-refractivity contribution in [3.05, 3.63) is 51.5 Å². The SMILES string of the molecule is CC(C)[C@H](NS(C)(=O)=O)c1nc(C(=O)N2CCc3ccccc3C2)cs1. The molecule has 1 aromatic heterocycles. The minimum absolute atomic E-state index is 0.0284. The van der Waals surface area contributed by atoms with Gasteiger partial charge in [-0.15, -0.1) is 11.3 Å². The summed E-state index contributed by atoms with van der Waals surface area (Å²) < 4.78 is 25.8. The van der Waals surface area contributed by atoms with Crippen LogP contribution in [0.4, 0.5) is 0 Å². The zero-order valence-electron chi connectivity index (χ0n) is 15.1. The number of thiazole rings is 1. The van der Waals surface area contributed by atoms with Crippen LogP contribution >= 0.6 is 11.3 Å². The summed E-state index contributed by atoms with van der Waals surface area (Å²) in [5.41, 5.74) is 2.83. The van der Waals surface area contributed by atoms with Crippen LogP contribution in [0.25, 0.3) is 0 Å². The van der Waals surface area contributed by atoms with Gasteiger partial charge in [-0.2, -0.15) is 0 Å². The number of carbonyl (C=O) groups excluding carboxylic acids is 1. The Morgan fingerprint density at radius 3 is 2.62 bits per heavy atom. The Kier molecular flexibility index (Phi) is 5.45. The first kappa shape index (κ1) is 19.0. The van der Waals surface area contributed by atoms with E-state index in [9.17, 15) is 13.2 Å². The number of sulfonamides is 1. The van der Waals surface area contributed by atoms with Crippen LogP contribution in [0, 0.1) is 5.92 Å². The predicted molar refractivity (Wildman–Crippen MR) is 103 cm³/mol. The molecule has 140 valence electrons. The van der Waals surface area contributed by atoms with Gasteiger partial charge in [0.1, 0.15) is 10.7 Å². The van der Waals surface area contributed by atoms with Gasteiger partial charge in [-0.1, -0.05) is 38.1 Å². The highest BCUT2D eigenvalue weighted by molar-refractivity contribution is 7.88. The van der Waals surface area contributed by atoms with Crippen molar-refractivity contribution in [3.63, 3.8) is 0 Å². The summed E-state index contributed by atoms with van der Waals surface area (Å²) in [6, 6.07) is 7.72. The number of hydrogen-bond donors (Lipinski definition) is 1.